The molecule has 2 amide bonds. The van der Waals surface area contributed by atoms with Crippen LogP contribution in [0, 0.1) is 0 Å². The van der Waals surface area contributed by atoms with Crippen LogP contribution in [0.4, 0.5) is 10.5 Å². The number of carbonyl (C=O) groups excluding carboxylic acids is 1. The van der Waals surface area contributed by atoms with Crippen LogP contribution in [0.2, 0.25) is 0 Å². The molecule has 0 saturated heterocycles. The highest BCUT2D eigenvalue weighted by Crippen LogP contribution is 2.39. The Morgan fingerprint density at radius 3 is 1.95 bits per heavy atom. The molecule has 0 unspecified atom stereocenters. The van der Waals surface area contributed by atoms with E-state index in [2.05, 4.69) is 10.6 Å². The van der Waals surface area contributed by atoms with Crippen molar-refractivity contribution < 1.29 is 28.5 Å². The van der Waals surface area contributed by atoms with Crippen LogP contribution in [-0.4, -0.2) is 54.4 Å². The molecule has 124 valence electrons. The first-order valence-electron chi connectivity index (χ1n) is 6.50. The van der Waals surface area contributed by atoms with Crippen LogP contribution >= 0.6 is 0 Å². The van der Waals surface area contributed by atoms with E-state index in [1.54, 1.807) is 12.1 Å². The topological polar surface area (TPSA) is 87.3 Å². The average molecular weight is 314 g/mol. The van der Waals surface area contributed by atoms with Crippen molar-refractivity contribution >= 4 is 11.7 Å². The van der Waals surface area contributed by atoms with Gasteiger partial charge in [-0.25, -0.2) is 4.79 Å². The van der Waals surface area contributed by atoms with Gasteiger partial charge in [0.25, 0.3) is 0 Å². The third-order valence-electron chi connectivity index (χ3n) is 2.88. The predicted octanol–water partition coefficient (Wildman–Crippen LogP) is 1.45. The molecular formula is C14H22N2O6. The first-order chi connectivity index (χ1) is 10.6. The molecule has 0 fully saturated rings. The molecule has 1 aromatic carbocycles. The minimum absolute atomic E-state index is 0.212. The summed E-state index contributed by atoms with van der Waals surface area (Å²) in [4.78, 5) is 11.9. The maximum atomic E-state index is 11.9. The highest BCUT2D eigenvalue weighted by Gasteiger charge is 2.15. The van der Waals surface area contributed by atoms with Gasteiger partial charge in [-0.1, -0.05) is 0 Å². The number of methoxy groups -OCH3 is 5. The zero-order valence-electron chi connectivity index (χ0n) is 13.4. The second kappa shape index (κ2) is 8.96. The standard InChI is InChI=1S/C14H22N2O6/c1-18-10-6-9(7-11(19-2)13(10)22-5)16-14(17)15-8-12(20-3)21-4/h6-7,12H,8H2,1-5H3,(H2,15,16,17). The van der Waals surface area contributed by atoms with Crippen LogP contribution in [0.5, 0.6) is 17.2 Å². The third-order valence-corrected chi connectivity index (χ3v) is 2.88. The maximum Gasteiger partial charge on any atom is 0.319 e. The van der Waals surface area contributed by atoms with Gasteiger partial charge in [0.2, 0.25) is 5.75 Å². The van der Waals surface area contributed by atoms with Crippen LogP contribution in [-0.2, 0) is 9.47 Å². The molecule has 1 aromatic rings. The molecule has 2 N–H and O–H groups in total. The van der Waals surface area contributed by atoms with Crippen molar-refractivity contribution in [1.82, 2.24) is 5.32 Å². The summed E-state index contributed by atoms with van der Waals surface area (Å²) in [6.45, 7) is 0.212. The van der Waals surface area contributed by atoms with Crippen LogP contribution in [0.1, 0.15) is 0 Å². The minimum Gasteiger partial charge on any atom is -0.493 e. The van der Waals surface area contributed by atoms with Gasteiger partial charge in [0.1, 0.15) is 0 Å². The van der Waals surface area contributed by atoms with Crippen LogP contribution < -0.4 is 24.8 Å². The van der Waals surface area contributed by atoms with Crippen molar-refractivity contribution in [3.8, 4) is 17.2 Å². The summed E-state index contributed by atoms with van der Waals surface area (Å²) in [6, 6.07) is 2.85. The molecule has 0 saturated carbocycles. The molecule has 22 heavy (non-hydrogen) atoms. The van der Waals surface area contributed by atoms with E-state index < -0.39 is 12.3 Å². The van der Waals surface area contributed by atoms with Gasteiger partial charge in [0, 0.05) is 26.4 Å². The second-order valence-electron chi connectivity index (χ2n) is 4.15. The Labute approximate surface area is 129 Å². The Morgan fingerprint density at radius 2 is 1.55 bits per heavy atom. The SMILES string of the molecule is COc1cc(NC(=O)NCC(OC)OC)cc(OC)c1OC. The number of nitrogens with one attached hydrogen (secondary N) is 2. The van der Waals surface area contributed by atoms with Gasteiger partial charge in [0.15, 0.2) is 17.8 Å². The van der Waals surface area contributed by atoms with Gasteiger partial charge in [0.05, 0.1) is 33.6 Å². The quantitative estimate of drug-likeness (QED) is 0.706. The van der Waals surface area contributed by atoms with E-state index in [-0.39, 0.29) is 6.54 Å². The van der Waals surface area contributed by atoms with E-state index in [1.807, 2.05) is 0 Å². The molecule has 0 radical (unpaired) electrons. The first kappa shape index (κ1) is 17.9. The fourth-order valence-electron chi connectivity index (χ4n) is 1.77. The summed E-state index contributed by atoms with van der Waals surface area (Å²) in [7, 11) is 7.50. The summed E-state index contributed by atoms with van der Waals surface area (Å²) in [6.07, 6.45) is -0.509. The molecule has 0 atom stereocenters. The number of carbonyl (C=O) groups is 1. The van der Waals surface area contributed by atoms with Gasteiger partial charge in [-0.15, -0.1) is 0 Å². The highest BCUT2D eigenvalue weighted by atomic mass is 16.7. The van der Waals surface area contributed by atoms with E-state index in [1.165, 1.54) is 35.5 Å². The van der Waals surface area contributed by atoms with Crippen molar-refractivity contribution in [2.75, 3.05) is 47.4 Å². The Kier molecular flexibility index (Phi) is 7.27. The van der Waals surface area contributed by atoms with Crippen molar-refractivity contribution in [2.45, 2.75) is 6.29 Å². The normalized spacial score (nSPS) is 10.3. The average Bonchev–Trinajstić information content (AvgIpc) is 2.54. The molecular weight excluding hydrogens is 292 g/mol. The molecule has 8 nitrogen and oxygen atoms in total. The summed E-state index contributed by atoms with van der Waals surface area (Å²) in [5.74, 6) is 1.35. The molecule has 0 bridgehead atoms. The number of anilines is 1. The van der Waals surface area contributed by atoms with Crippen molar-refractivity contribution in [2.24, 2.45) is 0 Å². The first-order valence-corrected chi connectivity index (χ1v) is 6.50. The molecule has 0 aliphatic rings. The molecule has 0 heterocycles. The Hall–Kier alpha value is -2.19. The molecule has 0 spiro atoms. The largest absolute Gasteiger partial charge is 0.493 e. The van der Waals surface area contributed by atoms with Gasteiger partial charge >= 0.3 is 6.03 Å². The summed E-state index contributed by atoms with van der Waals surface area (Å²) in [5, 5.41) is 5.29. The van der Waals surface area contributed by atoms with Gasteiger partial charge in [-0.2, -0.15) is 0 Å². The minimum atomic E-state index is -0.509. The lowest BCUT2D eigenvalue weighted by molar-refractivity contribution is -0.0970. The zero-order valence-corrected chi connectivity index (χ0v) is 13.4. The number of rotatable bonds is 8. The molecule has 0 aliphatic carbocycles. The second-order valence-corrected chi connectivity index (χ2v) is 4.15. The number of hydrogen-bond acceptors (Lipinski definition) is 6. The number of hydrogen-bond donors (Lipinski definition) is 2. The zero-order chi connectivity index (χ0) is 16.5. The fraction of sp³-hybridized carbons (Fsp3) is 0.500. The Bertz CT molecular complexity index is 465. The van der Waals surface area contributed by atoms with E-state index in [0.29, 0.717) is 22.9 Å². The molecule has 1 rings (SSSR count). The number of benzene rings is 1. The van der Waals surface area contributed by atoms with E-state index in [4.69, 9.17) is 23.7 Å². The lowest BCUT2D eigenvalue weighted by Gasteiger charge is -2.16. The lowest BCUT2D eigenvalue weighted by atomic mass is 10.2. The highest BCUT2D eigenvalue weighted by molar-refractivity contribution is 5.90. The lowest BCUT2D eigenvalue weighted by Crippen LogP contribution is -2.36. The van der Waals surface area contributed by atoms with Crippen molar-refractivity contribution in [1.29, 1.82) is 0 Å². The molecule has 0 aromatic heterocycles. The van der Waals surface area contributed by atoms with Gasteiger partial charge in [-0.3, -0.25) is 0 Å². The number of urea groups is 1. The number of amides is 2. The van der Waals surface area contributed by atoms with Crippen LogP contribution in [0.25, 0.3) is 0 Å². The predicted molar refractivity (Wildman–Crippen MR) is 80.9 cm³/mol. The monoisotopic (exact) mass is 314 g/mol. The Balaban J connectivity index is 2.78. The summed E-state index contributed by atoms with van der Waals surface area (Å²) < 4.78 is 25.6. The van der Waals surface area contributed by atoms with E-state index in [9.17, 15) is 4.79 Å². The van der Waals surface area contributed by atoms with Crippen molar-refractivity contribution in [3.63, 3.8) is 0 Å². The van der Waals surface area contributed by atoms with E-state index >= 15 is 0 Å². The number of ether oxygens (including phenoxy) is 5. The molecule has 0 aliphatic heterocycles. The fourth-order valence-corrected chi connectivity index (χ4v) is 1.77. The van der Waals surface area contributed by atoms with Gasteiger partial charge in [-0.05, 0) is 0 Å². The van der Waals surface area contributed by atoms with Crippen LogP contribution in [0.15, 0.2) is 12.1 Å². The summed E-state index contributed by atoms with van der Waals surface area (Å²) in [5.41, 5.74) is 0.499. The summed E-state index contributed by atoms with van der Waals surface area (Å²) >= 11 is 0. The molecule has 8 heteroatoms. The third kappa shape index (κ3) is 4.68. The van der Waals surface area contributed by atoms with E-state index in [0.717, 1.165) is 0 Å². The smallest absolute Gasteiger partial charge is 0.319 e. The van der Waals surface area contributed by atoms with Crippen molar-refractivity contribution in [3.05, 3.63) is 12.1 Å². The van der Waals surface area contributed by atoms with Crippen LogP contribution in [0.3, 0.4) is 0 Å². The maximum absolute atomic E-state index is 11.9. The Morgan fingerprint density at radius 1 is 1.00 bits per heavy atom. The van der Waals surface area contributed by atoms with Gasteiger partial charge < -0.3 is 34.3 Å².